The number of aryl methyl sites for hydroxylation is 1. The number of rotatable bonds is 10. The summed E-state index contributed by atoms with van der Waals surface area (Å²) in [5.41, 5.74) is 2.31. The number of nitrogens with one attached hydrogen (secondary N) is 3. The zero-order chi connectivity index (χ0) is 21.9. The molecule has 0 aromatic carbocycles. The minimum absolute atomic E-state index is 0.0256. The third-order valence-electron chi connectivity index (χ3n) is 5.45. The van der Waals surface area contributed by atoms with E-state index in [4.69, 9.17) is 4.98 Å². The molecule has 1 aliphatic rings. The van der Waals surface area contributed by atoms with Gasteiger partial charge < -0.3 is 20.3 Å². The SMILES string of the molecule is CCNS(=O)(=O)N1CCC(Nc2cc(N[C@@H](CC)[C@@H](C)O)nc3c2ncn3CC)C1. The maximum absolute atomic E-state index is 12.3. The van der Waals surface area contributed by atoms with Crippen LogP contribution in [-0.2, 0) is 16.8 Å². The third kappa shape index (κ3) is 4.85. The van der Waals surface area contributed by atoms with Crippen molar-refractivity contribution in [2.75, 3.05) is 30.3 Å². The molecule has 168 valence electrons. The van der Waals surface area contributed by atoms with Crippen molar-refractivity contribution in [2.45, 2.75) is 65.3 Å². The summed E-state index contributed by atoms with van der Waals surface area (Å²) in [5, 5.41) is 16.8. The molecule has 1 saturated heterocycles. The topological polar surface area (TPSA) is 124 Å². The van der Waals surface area contributed by atoms with Crippen LogP contribution in [0.1, 0.15) is 40.5 Å². The number of aliphatic hydroxyl groups excluding tert-OH is 1. The van der Waals surface area contributed by atoms with Gasteiger partial charge in [0.2, 0.25) is 0 Å². The fraction of sp³-hybridized carbons (Fsp3) is 0.684. The maximum Gasteiger partial charge on any atom is 0.279 e. The van der Waals surface area contributed by atoms with Crippen molar-refractivity contribution in [3.05, 3.63) is 12.4 Å². The number of hydrogen-bond acceptors (Lipinski definition) is 7. The van der Waals surface area contributed by atoms with E-state index in [1.165, 1.54) is 4.31 Å². The summed E-state index contributed by atoms with van der Waals surface area (Å²) in [6.07, 6.45) is 2.71. The summed E-state index contributed by atoms with van der Waals surface area (Å²) in [4.78, 5) is 9.23. The number of pyridine rings is 1. The van der Waals surface area contributed by atoms with Gasteiger partial charge in [-0.05, 0) is 26.7 Å². The van der Waals surface area contributed by atoms with Gasteiger partial charge in [0, 0.05) is 38.3 Å². The van der Waals surface area contributed by atoms with Crippen LogP contribution in [0.4, 0.5) is 11.5 Å². The van der Waals surface area contributed by atoms with E-state index >= 15 is 0 Å². The summed E-state index contributed by atoms with van der Waals surface area (Å²) in [5.74, 6) is 0.656. The monoisotopic (exact) mass is 439 g/mol. The predicted octanol–water partition coefficient (Wildman–Crippen LogP) is 1.36. The normalized spacial score (nSPS) is 19.8. The van der Waals surface area contributed by atoms with E-state index in [0.717, 1.165) is 29.8 Å². The first-order valence-corrected chi connectivity index (χ1v) is 12.0. The molecule has 3 heterocycles. The van der Waals surface area contributed by atoms with E-state index in [9.17, 15) is 13.5 Å². The summed E-state index contributed by atoms with van der Waals surface area (Å²) in [6.45, 7) is 9.53. The van der Waals surface area contributed by atoms with Crippen molar-refractivity contribution >= 4 is 32.9 Å². The smallest absolute Gasteiger partial charge is 0.279 e. The van der Waals surface area contributed by atoms with E-state index in [-0.39, 0.29) is 12.1 Å². The first kappa shape index (κ1) is 22.7. The number of aliphatic hydroxyl groups is 1. The number of aromatic nitrogens is 3. The van der Waals surface area contributed by atoms with Crippen LogP contribution in [0.5, 0.6) is 0 Å². The number of fused-ring (bicyclic) bond motifs is 1. The van der Waals surface area contributed by atoms with Crippen molar-refractivity contribution < 1.29 is 13.5 Å². The van der Waals surface area contributed by atoms with Crippen LogP contribution in [0, 0.1) is 0 Å². The van der Waals surface area contributed by atoms with Crippen molar-refractivity contribution in [2.24, 2.45) is 0 Å². The molecule has 1 fully saturated rings. The molecule has 4 N–H and O–H groups in total. The largest absolute Gasteiger partial charge is 0.391 e. The fourth-order valence-corrected chi connectivity index (χ4v) is 5.03. The molecule has 2 aromatic heterocycles. The molecule has 0 radical (unpaired) electrons. The van der Waals surface area contributed by atoms with Crippen LogP contribution in [-0.4, -0.2) is 70.2 Å². The standard InChI is InChI=1S/C19H33N7O3S/c1-5-15(13(4)27)23-17-10-16(18-19(24-17)25(7-3)12-20-18)22-14-8-9-26(11-14)30(28,29)21-6-2/h10,12-15,21,27H,5-9,11H2,1-4H3,(H2,22,23,24)/t13-,14?,15+/m1/s1. The lowest BCUT2D eigenvalue weighted by molar-refractivity contribution is 0.169. The van der Waals surface area contributed by atoms with E-state index in [1.54, 1.807) is 20.2 Å². The molecule has 1 unspecified atom stereocenters. The van der Waals surface area contributed by atoms with E-state index in [0.29, 0.717) is 31.9 Å². The predicted molar refractivity (Wildman–Crippen MR) is 119 cm³/mol. The summed E-state index contributed by atoms with van der Waals surface area (Å²) >= 11 is 0. The molecule has 0 aliphatic carbocycles. The van der Waals surface area contributed by atoms with Crippen LogP contribution in [0.2, 0.25) is 0 Å². The van der Waals surface area contributed by atoms with Gasteiger partial charge in [-0.25, -0.2) is 14.7 Å². The zero-order valence-corrected chi connectivity index (χ0v) is 18.9. The van der Waals surface area contributed by atoms with Crippen molar-refractivity contribution in [3.63, 3.8) is 0 Å². The Bertz CT molecular complexity index is 960. The molecule has 2 aromatic rings. The minimum atomic E-state index is -3.44. The van der Waals surface area contributed by atoms with Gasteiger partial charge in [-0.2, -0.15) is 12.7 Å². The first-order chi connectivity index (χ1) is 14.3. The Balaban J connectivity index is 1.87. The van der Waals surface area contributed by atoms with Gasteiger partial charge in [-0.15, -0.1) is 0 Å². The van der Waals surface area contributed by atoms with E-state index < -0.39 is 16.3 Å². The number of hydrogen-bond donors (Lipinski definition) is 4. The summed E-state index contributed by atoms with van der Waals surface area (Å²) in [7, 11) is -3.44. The lowest BCUT2D eigenvalue weighted by atomic mass is 10.1. The molecule has 3 atom stereocenters. The van der Waals surface area contributed by atoms with Crippen molar-refractivity contribution in [1.29, 1.82) is 0 Å². The molecule has 11 heteroatoms. The average Bonchev–Trinajstić information content (AvgIpc) is 3.33. The molecule has 1 aliphatic heterocycles. The third-order valence-corrected chi connectivity index (χ3v) is 7.11. The highest BCUT2D eigenvalue weighted by Gasteiger charge is 2.31. The number of anilines is 2. The molecular weight excluding hydrogens is 406 g/mol. The Hall–Kier alpha value is -1.95. The zero-order valence-electron chi connectivity index (χ0n) is 18.1. The van der Waals surface area contributed by atoms with Crippen LogP contribution < -0.4 is 15.4 Å². The van der Waals surface area contributed by atoms with E-state index in [1.807, 2.05) is 24.5 Å². The average molecular weight is 440 g/mol. The molecule has 0 bridgehead atoms. The molecule has 10 nitrogen and oxygen atoms in total. The lowest BCUT2D eigenvalue weighted by Crippen LogP contribution is -2.40. The highest BCUT2D eigenvalue weighted by atomic mass is 32.2. The minimum Gasteiger partial charge on any atom is -0.391 e. The Morgan fingerprint density at radius 2 is 2.10 bits per heavy atom. The van der Waals surface area contributed by atoms with Crippen molar-refractivity contribution in [3.8, 4) is 0 Å². The Kier molecular flexibility index (Phi) is 7.17. The second-order valence-electron chi connectivity index (χ2n) is 7.65. The maximum atomic E-state index is 12.3. The Labute approximate surface area is 178 Å². The first-order valence-electron chi connectivity index (χ1n) is 10.6. The summed E-state index contributed by atoms with van der Waals surface area (Å²) in [6, 6.07) is 1.75. The molecule has 0 saturated carbocycles. The van der Waals surface area contributed by atoms with Gasteiger partial charge in [0.05, 0.1) is 24.2 Å². The molecule has 30 heavy (non-hydrogen) atoms. The lowest BCUT2D eigenvalue weighted by Gasteiger charge is -2.22. The van der Waals surface area contributed by atoms with Gasteiger partial charge in [0.25, 0.3) is 10.2 Å². The molecular formula is C19H33N7O3S. The number of imidazole rings is 1. The van der Waals surface area contributed by atoms with E-state index in [2.05, 4.69) is 20.3 Å². The molecule has 3 rings (SSSR count). The van der Waals surface area contributed by atoms with Crippen LogP contribution >= 0.6 is 0 Å². The van der Waals surface area contributed by atoms with Gasteiger partial charge in [-0.3, -0.25) is 0 Å². The van der Waals surface area contributed by atoms with Gasteiger partial charge in [0.1, 0.15) is 11.3 Å². The van der Waals surface area contributed by atoms with Gasteiger partial charge in [-0.1, -0.05) is 13.8 Å². The number of nitrogens with zero attached hydrogens (tertiary/aromatic N) is 4. The highest BCUT2D eigenvalue weighted by Crippen LogP contribution is 2.28. The highest BCUT2D eigenvalue weighted by molar-refractivity contribution is 7.87. The second kappa shape index (κ2) is 9.46. The molecule has 0 spiro atoms. The van der Waals surface area contributed by atoms with Gasteiger partial charge >= 0.3 is 0 Å². The van der Waals surface area contributed by atoms with Crippen molar-refractivity contribution in [1.82, 2.24) is 23.6 Å². The Morgan fingerprint density at radius 3 is 2.73 bits per heavy atom. The van der Waals surface area contributed by atoms with Crippen LogP contribution in [0.25, 0.3) is 11.2 Å². The van der Waals surface area contributed by atoms with Gasteiger partial charge in [0.15, 0.2) is 5.65 Å². The quantitative estimate of drug-likeness (QED) is 0.441. The summed E-state index contributed by atoms with van der Waals surface area (Å²) < 4.78 is 30.6. The Morgan fingerprint density at radius 1 is 1.33 bits per heavy atom. The van der Waals surface area contributed by atoms with Crippen LogP contribution in [0.15, 0.2) is 12.4 Å². The second-order valence-corrected chi connectivity index (χ2v) is 9.40. The van der Waals surface area contributed by atoms with Crippen LogP contribution in [0.3, 0.4) is 0 Å². The fourth-order valence-electron chi connectivity index (χ4n) is 3.76. The molecule has 0 amide bonds.